The van der Waals surface area contributed by atoms with E-state index in [9.17, 15) is 14.4 Å². The third-order valence-electron chi connectivity index (χ3n) is 2.03. The van der Waals surface area contributed by atoms with Gasteiger partial charge in [0.15, 0.2) is 0 Å². The Hall–Kier alpha value is -1.43. The number of rotatable bonds is 3. The van der Waals surface area contributed by atoms with Gasteiger partial charge in [-0.05, 0) is 20.5 Å². The van der Waals surface area contributed by atoms with Gasteiger partial charge in [-0.2, -0.15) is 0 Å². The van der Waals surface area contributed by atoms with Gasteiger partial charge in [0.1, 0.15) is 6.04 Å². The van der Waals surface area contributed by atoms with Crippen LogP contribution in [0, 0.1) is 0 Å². The molecule has 2 N–H and O–H groups in total. The molecule has 1 aliphatic rings. The molecule has 1 fully saturated rings. The Balaban J connectivity index is 2.41. The second-order valence-electron chi connectivity index (χ2n) is 3.81. The van der Waals surface area contributed by atoms with Gasteiger partial charge in [0.05, 0.1) is 6.54 Å². The predicted octanol–water partition coefficient (Wildman–Crippen LogP) is -1.53. The minimum atomic E-state index is -0.574. The summed E-state index contributed by atoms with van der Waals surface area (Å²) in [5, 5.41) is 4.76. The van der Waals surface area contributed by atoms with Gasteiger partial charge in [0.2, 0.25) is 17.7 Å². The summed E-state index contributed by atoms with van der Waals surface area (Å²) in [7, 11) is 3.54. The number of hydrogen-bond donors (Lipinski definition) is 2. The average Bonchev–Trinajstić information content (AvgIpc) is 2.08. The monoisotopic (exact) mass is 213 g/mol. The number of nitrogens with one attached hydrogen (secondary N) is 2. The number of imide groups is 1. The highest BCUT2D eigenvalue weighted by molar-refractivity contribution is 6.01. The molecule has 1 rings (SSSR count). The quantitative estimate of drug-likeness (QED) is 0.557. The molecule has 6 nitrogen and oxygen atoms in total. The van der Waals surface area contributed by atoms with Crippen molar-refractivity contribution in [2.24, 2.45) is 0 Å². The highest BCUT2D eigenvalue weighted by Gasteiger charge is 2.27. The van der Waals surface area contributed by atoms with Crippen molar-refractivity contribution in [3.63, 3.8) is 0 Å². The zero-order valence-electron chi connectivity index (χ0n) is 8.87. The van der Waals surface area contributed by atoms with Crippen LogP contribution in [0.5, 0.6) is 0 Å². The van der Waals surface area contributed by atoms with Crippen molar-refractivity contribution in [2.75, 3.05) is 20.6 Å². The van der Waals surface area contributed by atoms with Crippen LogP contribution in [-0.4, -0.2) is 49.3 Å². The van der Waals surface area contributed by atoms with Crippen LogP contribution >= 0.6 is 0 Å². The van der Waals surface area contributed by atoms with Crippen molar-refractivity contribution in [3.05, 3.63) is 0 Å². The first kappa shape index (κ1) is 11.6. The highest BCUT2D eigenvalue weighted by atomic mass is 16.2. The van der Waals surface area contributed by atoms with Gasteiger partial charge in [-0.15, -0.1) is 0 Å². The van der Waals surface area contributed by atoms with E-state index < -0.39 is 11.9 Å². The number of hydrogen-bond acceptors (Lipinski definition) is 4. The van der Waals surface area contributed by atoms with Crippen LogP contribution in [0.4, 0.5) is 0 Å². The topological polar surface area (TPSA) is 78.5 Å². The van der Waals surface area contributed by atoms with E-state index in [-0.39, 0.29) is 24.8 Å². The maximum atomic E-state index is 11.3. The zero-order chi connectivity index (χ0) is 11.4. The molecule has 0 bridgehead atoms. The Bertz CT molecular complexity index is 288. The highest BCUT2D eigenvalue weighted by Crippen LogP contribution is 2.03. The molecule has 1 unspecified atom stereocenters. The molecular weight excluding hydrogens is 198 g/mol. The fourth-order valence-corrected chi connectivity index (χ4v) is 1.36. The number of carbonyl (C=O) groups excluding carboxylic acids is 3. The summed E-state index contributed by atoms with van der Waals surface area (Å²) in [5.74, 6) is -0.911. The van der Waals surface area contributed by atoms with Crippen molar-refractivity contribution in [3.8, 4) is 0 Å². The lowest BCUT2D eigenvalue weighted by atomic mass is 10.1. The van der Waals surface area contributed by atoms with Crippen molar-refractivity contribution >= 4 is 17.7 Å². The molecule has 3 amide bonds. The summed E-state index contributed by atoms with van der Waals surface area (Å²) in [5.41, 5.74) is 0. The lowest BCUT2D eigenvalue weighted by Crippen LogP contribution is -2.53. The molecule has 0 aromatic heterocycles. The standard InChI is InChI=1S/C9H15N3O3/c1-12(2)5-8(14)10-6-3-4-7(13)11-9(6)15/h6H,3-5H2,1-2H3,(H,10,14)(H,11,13,15). The van der Waals surface area contributed by atoms with Crippen LogP contribution in [0.25, 0.3) is 0 Å². The molecule has 1 saturated heterocycles. The fraction of sp³-hybridized carbons (Fsp3) is 0.667. The number of nitrogens with zero attached hydrogens (tertiary/aromatic N) is 1. The predicted molar refractivity (Wildman–Crippen MR) is 52.9 cm³/mol. The summed E-state index contributed by atoms with van der Waals surface area (Å²) in [6.07, 6.45) is 0.655. The van der Waals surface area contributed by atoms with Gasteiger partial charge in [-0.25, -0.2) is 0 Å². The molecule has 84 valence electrons. The first-order chi connectivity index (χ1) is 6.99. The van der Waals surface area contributed by atoms with Crippen LogP contribution in [0.15, 0.2) is 0 Å². The van der Waals surface area contributed by atoms with E-state index in [1.165, 1.54) is 0 Å². The van der Waals surface area contributed by atoms with Crippen molar-refractivity contribution in [2.45, 2.75) is 18.9 Å². The third kappa shape index (κ3) is 3.67. The summed E-state index contributed by atoms with van der Waals surface area (Å²) < 4.78 is 0. The van der Waals surface area contributed by atoms with Gasteiger partial charge in [-0.3, -0.25) is 19.7 Å². The van der Waals surface area contributed by atoms with Crippen LogP contribution < -0.4 is 10.6 Å². The van der Waals surface area contributed by atoms with Gasteiger partial charge in [0, 0.05) is 6.42 Å². The molecule has 1 aliphatic heterocycles. The number of likely N-dealkylation sites (N-methyl/N-ethyl adjacent to an activating group) is 1. The molecule has 6 heteroatoms. The lowest BCUT2D eigenvalue weighted by molar-refractivity contribution is -0.137. The Morgan fingerprint density at radius 2 is 2.20 bits per heavy atom. The maximum Gasteiger partial charge on any atom is 0.249 e. The molecule has 1 atom stereocenters. The summed E-state index contributed by atoms with van der Waals surface area (Å²) in [4.78, 5) is 35.1. The van der Waals surface area contributed by atoms with E-state index in [2.05, 4.69) is 10.6 Å². The largest absolute Gasteiger partial charge is 0.343 e. The van der Waals surface area contributed by atoms with E-state index in [0.29, 0.717) is 6.42 Å². The van der Waals surface area contributed by atoms with Gasteiger partial charge in [-0.1, -0.05) is 0 Å². The Kier molecular flexibility index (Phi) is 3.79. The van der Waals surface area contributed by atoms with Gasteiger partial charge >= 0.3 is 0 Å². The summed E-state index contributed by atoms with van der Waals surface area (Å²) >= 11 is 0. The summed E-state index contributed by atoms with van der Waals surface area (Å²) in [6, 6.07) is -0.574. The average molecular weight is 213 g/mol. The Morgan fingerprint density at radius 1 is 1.53 bits per heavy atom. The second-order valence-corrected chi connectivity index (χ2v) is 3.81. The van der Waals surface area contributed by atoms with E-state index in [4.69, 9.17) is 0 Å². The fourth-order valence-electron chi connectivity index (χ4n) is 1.36. The maximum absolute atomic E-state index is 11.3. The third-order valence-corrected chi connectivity index (χ3v) is 2.03. The van der Waals surface area contributed by atoms with E-state index in [1.807, 2.05) is 0 Å². The molecule has 0 aromatic rings. The molecule has 0 saturated carbocycles. The smallest absolute Gasteiger partial charge is 0.249 e. The van der Waals surface area contributed by atoms with Gasteiger partial charge < -0.3 is 10.2 Å². The van der Waals surface area contributed by atoms with Crippen LogP contribution in [0.1, 0.15) is 12.8 Å². The molecule has 0 aromatic carbocycles. The van der Waals surface area contributed by atoms with Crippen LogP contribution in [0.3, 0.4) is 0 Å². The second kappa shape index (κ2) is 4.88. The van der Waals surface area contributed by atoms with Crippen LogP contribution in [-0.2, 0) is 14.4 Å². The SMILES string of the molecule is CN(C)CC(=O)NC1CCC(=O)NC1=O. The number of piperidine rings is 1. The zero-order valence-corrected chi connectivity index (χ0v) is 8.87. The normalized spacial score (nSPS) is 21.4. The molecule has 0 aliphatic carbocycles. The van der Waals surface area contributed by atoms with Crippen LogP contribution in [0.2, 0.25) is 0 Å². The van der Waals surface area contributed by atoms with Crippen molar-refractivity contribution in [1.82, 2.24) is 15.5 Å². The first-order valence-electron chi connectivity index (χ1n) is 4.77. The lowest BCUT2D eigenvalue weighted by Gasteiger charge is -2.22. The molecule has 15 heavy (non-hydrogen) atoms. The summed E-state index contributed by atoms with van der Waals surface area (Å²) in [6.45, 7) is 0.234. The van der Waals surface area contributed by atoms with E-state index >= 15 is 0 Å². The number of amides is 3. The van der Waals surface area contributed by atoms with E-state index in [0.717, 1.165) is 0 Å². The van der Waals surface area contributed by atoms with E-state index in [1.54, 1.807) is 19.0 Å². The van der Waals surface area contributed by atoms with Crippen molar-refractivity contribution in [1.29, 1.82) is 0 Å². The number of carbonyl (C=O) groups is 3. The molecule has 1 heterocycles. The molecule has 0 spiro atoms. The minimum absolute atomic E-state index is 0.213. The molecular formula is C9H15N3O3. The first-order valence-corrected chi connectivity index (χ1v) is 4.77. The molecule has 0 radical (unpaired) electrons. The van der Waals surface area contributed by atoms with Crippen molar-refractivity contribution < 1.29 is 14.4 Å². The Labute approximate surface area is 88.0 Å². The minimum Gasteiger partial charge on any atom is -0.343 e. The van der Waals surface area contributed by atoms with Gasteiger partial charge in [0.25, 0.3) is 0 Å². The Morgan fingerprint density at radius 3 is 2.73 bits per heavy atom.